The van der Waals surface area contributed by atoms with Crippen molar-refractivity contribution in [1.82, 2.24) is 29.7 Å². The van der Waals surface area contributed by atoms with E-state index in [1.54, 1.807) is 6.33 Å². The predicted octanol–water partition coefficient (Wildman–Crippen LogP) is 5.29. The number of imidazole rings is 2. The molecule has 0 radical (unpaired) electrons. The van der Waals surface area contributed by atoms with Gasteiger partial charge in [0.1, 0.15) is 5.82 Å². The average molecular weight is 493 g/mol. The molecule has 2 aliphatic heterocycles. The number of hydrogen-bond donors (Lipinski definition) is 2. The average Bonchev–Trinajstić information content (AvgIpc) is 3.76. The van der Waals surface area contributed by atoms with Crippen LogP contribution < -0.4 is 0 Å². The number of nitrogens with zero attached hydrogens (tertiary/aromatic N) is 4. The molecule has 1 spiro atoms. The fourth-order valence-corrected chi connectivity index (χ4v) is 7.13. The molecule has 4 heterocycles. The number of rotatable bonds is 5. The lowest BCUT2D eigenvalue weighted by molar-refractivity contribution is -0.119. The zero-order valence-electron chi connectivity index (χ0n) is 21.2. The molecule has 2 unspecified atom stereocenters. The van der Waals surface area contributed by atoms with Crippen molar-refractivity contribution in [2.75, 3.05) is 20.1 Å². The summed E-state index contributed by atoms with van der Waals surface area (Å²) >= 11 is 0. The van der Waals surface area contributed by atoms with Crippen LogP contribution in [0.25, 0.3) is 33.6 Å². The zero-order chi connectivity index (χ0) is 25.0. The van der Waals surface area contributed by atoms with Crippen LogP contribution in [-0.4, -0.2) is 56.3 Å². The van der Waals surface area contributed by atoms with E-state index < -0.39 is 0 Å². The zero-order valence-corrected chi connectivity index (χ0v) is 21.2. The van der Waals surface area contributed by atoms with Crippen LogP contribution in [-0.2, 0) is 16.8 Å². The molecule has 0 bridgehead atoms. The summed E-state index contributed by atoms with van der Waals surface area (Å²) in [6.07, 6.45) is 13.1. The third-order valence-electron chi connectivity index (χ3n) is 9.02. The summed E-state index contributed by atoms with van der Waals surface area (Å²) in [4.78, 5) is 31.7. The van der Waals surface area contributed by atoms with Crippen LogP contribution in [0.1, 0.15) is 55.1 Å². The molecule has 2 atom stereocenters. The van der Waals surface area contributed by atoms with E-state index in [2.05, 4.69) is 63.3 Å². The molecule has 188 valence electrons. The number of aromatic nitrogens is 4. The molecule has 2 aromatic heterocycles. The van der Waals surface area contributed by atoms with Crippen molar-refractivity contribution >= 4 is 6.41 Å². The molecule has 2 N–H and O–H groups in total. The van der Waals surface area contributed by atoms with E-state index in [0.717, 1.165) is 68.0 Å². The van der Waals surface area contributed by atoms with Crippen LogP contribution in [0.2, 0.25) is 0 Å². The minimum Gasteiger partial charge on any atom is -0.345 e. The van der Waals surface area contributed by atoms with Crippen LogP contribution >= 0.6 is 0 Å². The maximum absolute atomic E-state index is 11.5. The lowest BCUT2D eigenvalue weighted by atomic mass is 9.82. The fraction of sp³-hybridized carbons (Fsp3) is 0.367. The molecular formula is C30H32N6O. The minimum atomic E-state index is 0.0549. The van der Waals surface area contributed by atoms with Gasteiger partial charge in [0.15, 0.2) is 0 Å². The van der Waals surface area contributed by atoms with E-state index >= 15 is 0 Å². The second kappa shape index (κ2) is 8.70. The van der Waals surface area contributed by atoms with Gasteiger partial charge in [0, 0.05) is 17.6 Å². The number of hydrogen-bond acceptors (Lipinski definition) is 4. The van der Waals surface area contributed by atoms with Crippen molar-refractivity contribution in [3.8, 4) is 33.6 Å². The van der Waals surface area contributed by atoms with Gasteiger partial charge in [-0.15, -0.1) is 0 Å². The number of H-pyrrole nitrogens is 2. The van der Waals surface area contributed by atoms with Crippen LogP contribution in [0.3, 0.4) is 0 Å². The maximum atomic E-state index is 11.5. The SMILES string of the molecule is CN1CCCC12CCc1c(-c3cnc(C4CCCN4C=O)[nH]3)ccc(-c3ccc(-c4cnc[nH]4)cc3)c12. The van der Waals surface area contributed by atoms with Crippen molar-refractivity contribution in [2.45, 2.75) is 50.1 Å². The van der Waals surface area contributed by atoms with Crippen LogP contribution in [0.4, 0.5) is 0 Å². The van der Waals surface area contributed by atoms with E-state index in [9.17, 15) is 4.79 Å². The lowest BCUT2D eigenvalue weighted by Gasteiger charge is -2.35. The van der Waals surface area contributed by atoms with Gasteiger partial charge in [0.25, 0.3) is 0 Å². The number of aromatic amines is 2. The first-order valence-corrected chi connectivity index (χ1v) is 13.4. The Kier molecular flexibility index (Phi) is 5.29. The first-order valence-electron chi connectivity index (χ1n) is 13.4. The third-order valence-corrected chi connectivity index (χ3v) is 9.02. The van der Waals surface area contributed by atoms with Gasteiger partial charge in [-0.25, -0.2) is 9.97 Å². The summed E-state index contributed by atoms with van der Waals surface area (Å²) in [6, 6.07) is 13.5. The van der Waals surface area contributed by atoms with Gasteiger partial charge in [-0.05, 0) is 79.9 Å². The van der Waals surface area contributed by atoms with Gasteiger partial charge < -0.3 is 14.9 Å². The molecule has 3 aliphatic rings. The Morgan fingerprint density at radius 3 is 2.57 bits per heavy atom. The second-order valence-corrected chi connectivity index (χ2v) is 10.8. The van der Waals surface area contributed by atoms with Crippen LogP contribution in [0, 0.1) is 0 Å². The highest BCUT2D eigenvalue weighted by Crippen LogP contribution is 2.53. The second-order valence-electron chi connectivity index (χ2n) is 10.8. The Morgan fingerprint density at radius 2 is 1.81 bits per heavy atom. The third kappa shape index (κ3) is 3.48. The summed E-state index contributed by atoms with van der Waals surface area (Å²) in [5, 5.41) is 0. The van der Waals surface area contributed by atoms with Crippen molar-refractivity contribution in [3.63, 3.8) is 0 Å². The summed E-state index contributed by atoms with van der Waals surface area (Å²) in [6.45, 7) is 1.95. The highest BCUT2D eigenvalue weighted by molar-refractivity contribution is 5.80. The summed E-state index contributed by atoms with van der Waals surface area (Å²) in [5.74, 6) is 0.900. The molecule has 1 amide bonds. The Morgan fingerprint density at radius 1 is 0.973 bits per heavy atom. The maximum Gasteiger partial charge on any atom is 0.210 e. The van der Waals surface area contributed by atoms with Crippen LogP contribution in [0.15, 0.2) is 55.1 Å². The number of fused-ring (bicyclic) bond motifs is 2. The van der Waals surface area contributed by atoms with Crippen LogP contribution in [0.5, 0.6) is 0 Å². The van der Waals surface area contributed by atoms with Gasteiger partial charge in [0.05, 0.1) is 36.2 Å². The first-order chi connectivity index (χ1) is 18.2. The molecule has 7 rings (SSSR count). The van der Waals surface area contributed by atoms with Crippen molar-refractivity contribution < 1.29 is 4.79 Å². The molecule has 2 saturated heterocycles. The minimum absolute atomic E-state index is 0.0549. The molecule has 7 nitrogen and oxygen atoms in total. The van der Waals surface area contributed by atoms with Gasteiger partial charge in [-0.1, -0.05) is 36.4 Å². The van der Waals surface area contributed by atoms with E-state index in [1.807, 2.05) is 17.3 Å². The molecule has 4 aromatic rings. The number of carbonyl (C=O) groups is 1. The standard InChI is InChI=1S/C30H32N6O/c1-35-14-3-12-30(35)13-11-24-23(26-17-32-29(34-26)27-4-2-15-36(27)19-37)10-9-22(28(24)30)20-5-7-21(8-6-20)25-16-31-18-33-25/h5-10,16-19,27H,2-4,11-15H2,1H3,(H,31,33)(H,32,34). The molecule has 1 aliphatic carbocycles. The Hall–Kier alpha value is -3.71. The highest BCUT2D eigenvalue weighted by atomic mass is 16.1. The number of amides is 1. The van der Waals surface area contributed by atoms with E-state index in [1.165, 1.54) is 40.7 Å². The summed E-state index contributed by atoms with van der Waals surface area (Å²) < 4.78 is 0. The normalized spacial score (nSPS) is 23.3. The highest BCUT2D eigenvalue weighted by Gasteiger charge is 2.47. The molecule has 2 aromatic carbocycles. The predicted molar refractivity (Wildman–Crippen MR) is 144 cm³/mol. The quantitative estimate of drug-likeness (QED) is 0.371. The first kappa shape index (κ1) is 22.5. The Balaban J connectivity index is 1.33. The topological polar surface area (TPSA) is 80.9 Å². The molecule has 37 heavy (non-hydrogen) atoms. The summed E-state index contributed by atoms with van der Waals surface area (Å²) in [5.41, 5.74) is 10.1. The lowest BCUT2D eigenvalue weighted by Crippen LogP contribution is -2.36. The Bertz CT molecular complexity index is 1440. The number of nitrogens with one attached hydrogen (secondary N) is 2. The van der Waals surface area contributed by atoms with Gasteiger partial charge in [0.2, 0.25) is 6.41 Å². The number of benzene rings is 2. The van der Waals surface area contributed by atoms with Crippen molar-refractivity contribution in [1.29, 1.82) is 0 Å². The van der Waals surface area contributed by atoms with Crippen molar-refractivity contribution in [2.24, 2.45) is 0 Å². The molecular weight excluding hydrogens is 460 g/mol. The fourth-order valence-electron chi connectivity index (χ4n) is 7.13. The van der Waals surface area contributed by atoms with Gasteiger partial charge in [-0.3, -0.25) is 9.69 Å². The monoisotopic (exact) mass is 492 g/mol. The van der Waals surface area contributed by atoms with Gasteiger partial charge >= 0.3 is 0 Å². The molecule has 2 fully saturated rings. The van der Waals surface area contributed by atoms with E-state index in [0.29, 0.717) is 0 Å². The number of likely N-dealkylation sites (tertiary alicyclic amines) is 2. The summed E-state index contributed by atoms with van der Waals surface area (Å²) in [7, 11) is 2.29. The largest absolute Gasteiger partial charge is 0.345 e. The molecule has 7 heteroatoms. The van der Waals surface area contributed by atoms with E-state index in [4.69, 9.17) is 4.98 Å². The number of carbonyl (C=O) groups excluding carboxylic acids is 1. The smallest absolute Gasteiger partial charge is 0.210 e. The van der Waals surface area contributed by atoms with Crippen molar-refractivity contribution in [3.05, 3.63) is 72.1 Å². The molecule has 0 saturated carbocycles. The van der Waals surface area contributed by atoms with Gasteiger partial charge in [-0.2, -0.15) is 0 Å². The Labute approximate surface area is 217 Å². The van der Waals surface area contributed by atoms with E-state index in [-0.39, 0.29) is 11.6 Å².